The van der Waals surface area contributed by atoms with E-state index in [0.29, 0.717) is 43.4 Å². The van der Waals surface area contributed by atoms with Crippen molar-refractivity contribution >= 4 is 27.5 Å². The van der Waals surface area contributed by atoms with Gasteiger partial charge in [-0.3, -0.25) is 4.79 Å². The minimum Gasteiger partial charge on any atom is -0.393 e. The molecule has 0 unspecified atom stereocenters. The summed E-state index contributed by atoms with van der Waals surface area (Å²) in [5, 5.41) is 10.6. The zero-order valence-electron chi connectivity index (χ0n) is 14.7. The Morgan fingerprint density at radius 3 is 2.60 bits per heavy atom. The smallest absolute Gasteiger partial charge is 0.273 e. The number of aliphatic hydroxyl groups is 1. The van der Waals surface area contributed by atoms with E-state index in [1.54, 1.807) is 11.3 Å². The van der Waals surface area contributed by atoms with E-state index in [0.717, 1.165) is 10.2 Å². The Hall–Kier alpha value is -1.53. The molecule has 2 aliphatic rings. The highest BCUT2D eigenvalue weighted by atomic mass is 32.1. The van der Waals surface area contributed by atoms with E-state index < -0.39 is 0 Å². The lowest BCUT2D eigenvalue weighted by molar-refractivity contribution is 0.0543. The number of piperidine rings is 1. The van der Waals surface area contributed by atoms with E-state index in [4.69, 9.17) is 0 Å². The molecular formula is C19H25N3O2S. The second-order valence-corrected chi connectivity index (χ2v) is 8.41. The Morgan fingerprint density at radius 2 is 1.88 bits per heavy atom. The molecule has 1 N–H and O–H groups in total. The normalized spacial score (nSPS) is 20.3. The van der Waals surface area contributed by atoms with Gasteiger partial charge < -0.3 is 10.0 Å². The summed E-state index contributed by atoms with van der Waals surface area (Å²) in [5.74, 6) is 1.25. The van der Waals surface area contributed by atoms with Crippen LogP contribution in [0.3, 0.4) is 0 Å². The SMILES string of the molecule is Cc1nc(C(=O)N2CCC(O)CC2)c2cc(C3CCCCC3)sc2n1. The molecule has 6 heteroatoms. The molecule has 2 aromatic rings. The molecular weight excluding hydrogens is 334 g/mol. The summed E-state index contributed by atoms with van der Waals surface area (Å²) in [6.45, 7) is 3.06. The number of likely N-dealkylation sites (tertiary alicyclic amines) is 1. The van der Waals surface area contributed by atoms with Crippen LogP contribution in [0.4, 0.5) is 0 Å². The first kappa shape index (κ1) is 16.9. The monoisotopic (exact) mass is 359 g/mol. The minimum atomic E-state index is -0.282. The van der Waals surface area contributed by atoms with E-state index in [2.05, 4.69) is 16.0 Å². The molecule has 0 atom stereocenters. The van der Waals surface area contributed by atoms with Crippen LogP contribution in [0.25, 0.3) is 10.2 Å². The largest absolute Gasteiger partial charge is 0.393 e. The lowest BCUT2D eigenvalue weighted by Crippen LogP contribution is -2.40. The van der Waals surface area contributed by atoms with Crippen LogP contribution in [-0.4, -0.2) is 45.1 Å². The molecule has 134 valence electrons. The van der Waals surface area contributed by atoms with Crippen molar-refractivity contribution in [1.29, 1.82) is 0 Å². The van der Waals surface area contributed by atoms with Crippen LogP contribution in [0.1, 0.15) is 72.1 Å². The Bertz CT molecular complexity index is 774. The quantitative estimate of drug-likeness (QED) is 0.889. The molecule has 2 fully saturated rings. The van der Waals surface area contributed by atoms with Crippen LogP contribution in [0.2, 0.25) is 0 Å². The van der Waals surface area contributed by atoms with Gasteiger partial charge in [0.2, 0.25) is 0 Å². The summed E-state index contributed by atoms with van der Waals surface area (Å²) >= 11 is 1.73. The number of rotatable bonds is 2. The molecule has 1 saturated carbocycles. The van der Waals surface area contributed by atoms with E-state index in [1.165, 1.54) is 37.0 Å². The molecule has 0 bridgehead atoms. The number of hydrogen-bond acceptors (Lipinski definition) is 5. The van der Waals surface area contributed by atoms with Gasteiger partial charge in [-0.05, 0) is 44.6 Å². The van der Waals surface area contributed by atoms with Gasteiger partial charge in [0.05, 0.1) is 6.10 Å². The van der Waals surface area contributed by atoms with Crippen LogP contribution >= 0.6 is 11.3 Å². The summed E-state index contributed by atoms with van der Waals surface area (Å²) in [6.07, 6.45) is 7.43. The van der Waals surface area contributed by atoms with Crippen molar-refractivity contribution in [2.75, 3.05) is 13.1 Å². The maximum Gasteiger partial charge on any atom is 0.273 e. The summed E-state index contributed by atoms with van der Waals surface area (Å²) in [5.41, 5.74) is 0.539. The Labute approximate surface area is 152 Å². The van der Waals surface area contributed by atoms with Gasteiger partial charge in [-0.1, -0.05) is 19.3 Å². The highest BCUT2D eigenvalue weighted by Crippen LogP contribution is 2.39. The molecule has 2 aromatic heterocycles. The third-order valence-corrected chi connectivity index (χ3v) is 6.68. The van der Waals surface area contributed by atoms with Crippen molar-refractivity contribution in [3.63, 3.8) is 0 Å². The zero-order chi connectivity index (χ0) is 17.4. The zero-order valence-corrected chi connectivity index (χ0v) is 15.5. The first-order valence-electron chi connectivity index (χ1n) is 9.37. The maximum absolute atomic E-state index is 13.0. The first-order valence-corrected chi connectivity index (χ1v) is 10.2. The van der Waals surface area contributed by atoms with Crippen molar-refractivity contribution < 1.29 is 9.90 Å². The first-order chi connectivity index (χ1) is 12.1. The van der Waals surface area contributed by atoms with Gasteiger partial charge in [0.15, 0.2) is 0 Å². The predicted molar refractivity (Wildman–Crippen MR) is 99.1 cm³/mol. The lowest BCUT2D eigenvalue weighted by Gasteiger charge is -2.29. The summed E-state index contributed by atoms with van der Waals surface area (Å²) in [6, 6.07) is 2.17. The summed E-state index contributed by atoms with van der Waals surface area (Å²) < 4.78 is 0. The van der Waals surface area contributed by atoms with Gasteiger partial charge in [-0.25, -0.2) is 9.97 Å². The molecule has 0 radical (unpaired) electrons. The van der Waals surface area contributed by atoms with Crippen molar-refractivity contribution in [3.8, 4) is 0 Å². The number of amides is 1. The Balaban J connectivity index is 1.67. The van der Waals surface area contributed by atoms with E-state index in [1.807, 2.05) is 11.8 Å². The number of nitrogens with zero attached hydrogens (tertiary/aromatic N) is 3. The van der Waals surface area contributed by atoms with Crippen molar-refractivity contribution in [2.45, 2.75) is 63.9 Å². The minimum absolute atomic E-state index is 0.0182. The lowest BCUT2D eigenvalue weighted by atomic mass is 9.88. The fraction of sp³-hybridized carbons (Fsp3) is 0.632. The topological polar surface area (TPSA) is 66.3 Å². The van der Waals surface area contributed by atoms with Crippen molar-refractivity contribution in [1.82, 2.24) is 14.9 Å². The van der Waals surface area contributed by atoms with E-state index >= 15 is 0 Å². The van der Waals surface area contributed by atoms with E-state index in [-0.39, 0.29) is 12.0 Å². The van der Waals surface area contributed by atoms with Gasteiger partial charge in [-0.2, -0.15) is 0 Å². The predicted octanol–water partition coefficient (Wildman–Crippen LogP) is 3.64. The van der Waals surface area contributed by atoms with Gasteiger partial charge >= 0.3 is 0 Å². The van der Waals surface area contributed by atoms with Gasteiger partial charge in [0.1, 0.15) is 16.3 Å². The maximum atomic E-state index is 13.0. The van der Waals surface area contributed by atoms with Gasteiger partial charge in [-0.15, -0.1) is 11.3 Å². The number of carbonyl (C=O) groups excluding carboxylic acids is 1. The molecule has 3 heterocycles. The fourth-order valence-corrected chi connectivity index (χ4v) is 5.26. The molecule has 5 nitrogen and oxygen atoms in total. The molecule has 1 saturated heterocycles. The standard InChI is InChI=1S/C19H25N3O2S/c1-12-20-17(19(24)22-9-7-14(23)8-10-22)15-11-16(25-18(15)21-12)13-5-3-2-4-6-13/h11,13-14,23H,2-10H2,1H3. The number of aromatic nitrogens is 2. The summed E-state index contributed by atoms with van der Waals surface area (Å²) in [7, 11) is 0. The van der Waals surface area contributed by atoms with Crippen molar-refractivity contribution in [2.24, 2.45) is 0 Å². The number of hydrogen-bond donors (Lipinski definition) is 1. The molecule has 25 heavy (non-hydrogen) atoms. The van der Waals surface area contributed by atoms with Gasteiger partial charge in [0.25, 0.3) is 5.91 Å². The van der Waals surface area contributed by atoms with Crippen LogP contribution in [0, 0.1) is 6.92 Å². The molecule has 0 spiro atoms. The molecule has 1 aliphatic heterocycles. The average molecular weight is 359 g/mol. The number of aliphatic hydroxyl groups excluding tert-OH is 1. The highest BCUT2D eigenvalue weighted by molar-refractivity contribution is 7.18. The number of aryl methyl sites for hydroxylation is 1. The number of carbonyl (C=O) groups is 1. The van der Waals surface area contributed by atoms with Gasteiger partial charge in [0, 0.05) is 23.4 Å². The second kappa shape index (κ2) is 7.00. The second-order valence-electron chi connectivity index (χ2n) is 7.35. The van der Waals surface area contributed by atoms with Crippen molar-refractivity contribution in [3.05, 3.63) is 22.5 Å². The Kier molecular flexibility index (Phi) is 4.73. The number of fused-ring (bicyclic) bond motifs is 1. The summed E-state index contributed by atoms with van der Waals surface area (Å²) in [4.78, 5) is 26.2. The Morgan fingerprint density at radius 1 is 1.16 bits per heavy atom. The van der Waals surface area contributed by atoms with E-state index in [9.17, 15) is 9.90 Å². The average Bonchev–Trinajstić information content (AvgIpc) is 3.05. The fourth-order valence-electron chi connectivity index (χ4n) is 4.02. The highest BCUT2D eigenvalue weighted by Gasteiger charge is 2.27. The van der Waals surface area contributed by atoms with Crippen LogP contribution < -0.4 is 0 Å². The van der Waals surface area contributed by atoms with Crippen LogP contribution in [0.5, 0.6) is 0 Å². The number of thiophene rings is 1. The van der Waals surface area contributed by atoms with Crippen LogP contribution in [0.15, 0.2) is 6.07 Å². The molecule has 4 rings (SSSR count). The molecule has 1 amide bonds. The third kappa shape index (κ3) is 3.42. The van der Waals surface area contributed by atoms with Crippen LogP contribution in [-0.2, 0) is 0 Å². The third-order valence-electron chi connectivity index (χ3n) is 5.49. The molecule has 0 aromatic carbocycles. The molecule has 1 aliphatic carbocycles.